The molecule has 0 radical (unpaired) electrons. The van der Waals surface area contributed by atoms with Gasteiger partial charge in [-0.15, -0.1) is 0 Å². The van der Waals surface area contributed by atoms with Gasteiger partial charge < -0.3 is 15.0 Å². The second kappa shape index (κ2) is 15.0. The van der Waals surface area contributed by atoms with Crippen molar-refractivity contribution in [3.05, 3.63) is 59.1 Å². The first-order valence-corrected chi connectivity index (χ1v) is 15.3. The molecule has 0 bridgehead atoms. The Hall–Kier alpha value is -2.78. The van der Waals surface area contributed by atoms with Crippen LogP contribution in [0.2, 0.25) is 5.02 Å². The van der Waals surface area contributed by atoms with Crippen LogP contribution < -0.4 is 14.4 Å². The summed E-state index contributed by atoms with van der Waals surface area (Å²) in [5, 5.41) is 3.50. The first-order valence-electron chi connectivity index (χ1n) is 13.1. The van der Waals surface area contributed by atoms with E-state index in [0.717, 1.165) is 18.2 Å². The third-order valence-corrected chi connectivity index (χ3v) is 7.82. The summed E-state index contributed by atoms with van der Waals surface area (Å²) in [5.74, 6) is -0.00636. The molecule has 2 rings (SSSR count). The minimum absolute atomic E-state index is 0.0254. The number of halogens is 1. The molecule has 2 aromatic carbocycles. The van der Waals surface area contributed by atoms with E-state index in [9.17, 15) is 18.0 Å². The van der Waals surface area contributed by atoms with E-state index in [-0.39, 0.29) is 43.8 Å². The molecule has 1 N–H and O–H groups in total. The maximum absolute atomic E-state index is 13.6. The number of rotatable bonds is 15. The van der Waals surface area contributed by atoms with E-state index in [2.05, 4.69) is 5.32 Å². The lowest BCUT2D eigenvalue weighted by atomic mass is 10.1. The SMILES string of the molecule is CCOc1ccccc1N(CCCC(=O)N(Cc1ccccc1Cl)[C@@H](CC)C(=O)N[C@@H](C)CC)S(C)(=O)=O. The summed E-state index contributed by atoms with van der Waals surface area (Å²) in [4.78, 5) is 28.2. The van der Waals surface area contributed by atoms with Gasteiger partial charge in [0.05, 0.1) is 18.6 Å². The third-order valence-electron chi connectivity index (χ3n) is 6.27. The molecular formula is C28H40ClN3O5S. The molecule has 0 heterocycles. The van der Waals surface area contributed by atoms with E-state index in [4.69, 9.17) is 16.3 Å². The zero-order valence-corrected chi connectivity index (χ0v) is 24.5. The van der Waals surface area contributed by atoms with Crippen LogP contribution in [0.5, 0.6) is 5.75 Å². The highest BCUT2D eigenvalue weighted by Gasteiger charge is 2.30. The van der Waals surface area contributed by atoms with Crippen LogP contribution in [0.4, 0.5) is 5.69 Å². The van der Waals surface area contributed by atoms with Crippen LogP contribution in [0.3, 0.4) is 0 Å². The molecular weight excluding hydrogens is 526 g/mol. The third kappa shape index (κ3) is 8.91. The highest BCUT2D eigenvalue weighted by atomic mass is 35.5. The maximum atomic E-state index is 13.6. The Kier molecular flexibility index (Phi) is 12.4. The fraction of sp³-hybridized carbons (Fsp3) is 0.500. The van der Waals surface area contributed by atoms with E-state index in [0.29, 0.717) is 29.5 Å². The Bertz CT molecular complexity index is 1170. The average molecular weight is 566 g/mol. The van der Waals surface area contributed by atoms with Crippen molar-refractivity contribution in [3.8, 4) is 5.75 Å². The van der Waals surface area contributed by atoms with Gasteiger partial charge in [-0.1, -0.05) is 55.8 Å². The number of ether oxygens (including phenoxy) is 1. The fourth-order valence-electron chi connectivity index (χ4n) is 4.09. The summed E-state index contributed by atoms with van der Waals surface area (Å²) >= 11 is 6.39. The Balaban J connectivity index is 2.27. The van der Waals surface area contributed by atoms with Gasteiger partial charge in [0, 0.05) is 30.6 Å². The Morgan fingerprint density at radius 3 is 2.29 bits per heavy atom. The van der Waals surface area contributed by atoms with E-state index >= 15 is 0 Å². The van der Waals surface area contributed by atoms with Gasteiger partial charge in [0.2, 0.25) is 21.8 Å². The number of benzene rings is 2. The van der Waals surface area contributed by atoms with Crippen LogP contribution in [0.25, 0.3) is 0 Å². The Morgan fingerprint density at radius 1 is 1.03 bits per heavy atom. The second-order valence-corrected chi connectivity index (χ2v) is 11.5. The standard InChI is InChI=1S/C28H40ClN3O5S/c1-6-21(4)30-28(34)24(7-2)31(20-22-14-9-10-15-23(22)29)27(33)18-13-19-32(38(5,35)36)25-16-11-12-17-26(25)37-8-3/h9-12,14-17,21,24H,6-8,13,18-20H2,1-5H3,(H,30,34)/t21-,24-/m0/s1. The monoisotopic (exact) mass is 565 g/mol. The van der Waals surface area contributed by atoms with Crippen molar-refractivity contribution in [2.75, 3.05) is 23.7 Å². The molecule has 2 amide bonds. The second-order valence-electron chi connectivity index (χ2n) is 9.19. The summed E-state index contributed by atoms with van der Waals surface area (Å²) in [6, 6.07) is 13.4. The van der Waals surface area contributed by atoms with Crippen molar-refractivity contribution in [3.63, 3.8) is 0 Å². The molecule has 2 atom stereocenters. The molecule has 38 heavy (non-hydrogen) atoms. The number of carbonyl (C=O) groups is 2. The van der Waals surface area contributed by atoms with Gasteiger partial charge in [0.15, 0.2) is 0 Å². The summed E-state index contributed by atoms with van der Waals surface area (Å²) in [7, 11) is -3.64. The zero-order valence-electron chi connectivity index (χ0n) is 22.9. The lowest BCUT2D eigenvalue weighted by Gasteiger charge is -2.32. The van der Waals surface area contributed by atoms with Gasteiger partial charge in [-0.3, -0.25) is 13.9 Å². The molecule has 0 aliphatic heterocycles. The molecule has 0 spiro atoms. The minimum atomic E-state index is -3.64. The largest absolute Gasteiger partial charge is 0.492 e. The van der Waals surface area contributed by atoms with Crippen molar-refractivity contribution >= 4 is 39.1 Å². The summed E-state index contributed by atoms with van der Waals surface area (Å²) in [6.07, 6.45) is 2.64. The van der Waals surface area contributed by atoms with Gasteiger partial charge >= 0.3 is 0 Å². The number of hydrogen-bond acceptors (Lipinski definition) is 5. The normalized spacial score (nSPS) is 12.9. The lowest BCUT2D eigenvalue weighted by molar-refractivity contribution is -0.141. The van der Waals surface area contributed by atoms with Crippen LogP contribution in [-0.2, 0) is 26.2 Å². The van der Waals surface area contributed by atoms with Gasteiger partial charge in [0.25, 0.3) is 0 Å². The molecule has 8 nitrogen and oxygen atoms in total. The van der Waals surface area contributed by atoms with E-state index in [1.807, 2.05) is 45.9 Å². The quantitative estimate of drug-likeness (QED) is 0.327. The van der Waals surface area contributed by atoms with E-state index in [1.165, 1.54) is 4.31 Å². The predicted octanol–water partition coefficient (Wildman–Crippen LogP) is 5.01. The smallest absolute Gasteiger partial charge is 0.243 e. The van der Waals surface area contributed by atoms with E-state index in [1.54, 1.807) is 35.2 Å². The predicted molar refractivity (Wildman–Crippen MR) is 153 cm³/mol. The molecule has 0 saturated carbocycles. The van der Waals surface area contributed by atoms with Crippen molar-refractivity contribution in [2.45, 2.75) is 72.0 Å². The van der Waals surface area contributed by atoms with E-state index < -0.39 is 16.1 Å². The van der Waals surface area contributed by atoms with Crippen LogP contribution in [0, 0.1) is 0 Å². The van der Waals surface area contributed by atoms with Crippen molar-refractivity contribution in [2.24, 2.45) is 0 Å². The first kappa shape index (κ1) is 31.4. The average Bonchev–Trinajstić information content (AvgIpc) is 2.87. The van der Waals surface area contributed by atoms with Crippen molar-refractivity contribution in [1.29, 1.82) is 0 Å². The number of para-hydroxylation sites is 2. The molecule has 0 saturated heterocycles. The lowest BCUT2D eigenvalue weighted by Crippen LogP contribution is -2.50. The number of sulfonamides is 1. The number of anilines is 1. The molecule has 0 fully saturated rings. The summed E-state index contributed by atoms with van der Waals surface area (Å²) < 4.78 is 32.2. The maximum Gasteiger partial charge on any atom is 0.243 e. The number of carbonyl (C=O) groups excluding carboxylic acids is 2. The molecule has 210 valence electrons. The highest BCUT2D eigenvalue weighted by Crippen LogP contribution is 2.30. The van der Waals surface area contributed by atoms with Gasteiger partial charge in [-0.2, -0.15) is 0 Å². The molecule has 0 aromatic heterocycles. The zero-order chi connectivity index (χ0) is 28.3. The number of nitrogens with one attached hydrogen (secondary N) is 1. The number of nitrogens with zero attached hydrogens (tertiary/aromatic N) is 2. The minimum Gasteiger partial charge on any atom is -0.492 e. The fourth-order valence-corrected chi connectivity index (χ4v) is 5.26. The number of amides is 2. The molecule has 2 aromatic rings. The first-order chi connectivity index (χ1) is 18.0. The van der Waals surface area contributed by atoms with Gasteiger partial charge in [-0.05, 0) is 56.9 Å². The molecule has 0 aliphatic rings. The molecule has 10 heteroatoms. The highest BCUT2D eigenvalue weighted by molar-refractivity contribution is 7.92. The Labute approximate surface area is 232 Å². The number of hydrogen-bond donors (Lipinski definition) is 1. The van der Waals surface area contributed by atoms with Gasteiger partial charge in [-0.25, -0.2) is 8.42 Å². The Morgan fingerprint density at radius 2 is 1.68 bits per heavy atom. The van der Waals surface area contributed by atoms with Gasteiger partial charge in [0.1, 0.15) is 11.8 Å². The summed E-state index contributed by atoms with van der Waals surface area (Å²) in [5.41, 5.74) is 1.16. The summed E-state index contributed by atoms with van der Waals surface area (Å²) in [6.45, 7) is 8.25. The van der Waals surface area contributed by atoms with Crippen LogP contribution in [0.1, 0.15) is 58.9 Å². The van der Waals surface area contributed by atoms with Crippen LogP contribution in [-0.4, -0.2) is 56.6 Å². The van der Waals surface area contributed by atoms with Crippen molar-refractivity contribution in [1.82, 2.24) is 10.2 Å². The molecule has 0 unspecified atom stereocenters. The van der Waals surface area contributed by atoms with Crippen LogP contribution >= 0.6 is 11.6 Å². The molecule has 0 aliphatic carbocycles. The van der Waals surface area contributed by atoms with Crippen molar-refractivity contribution < 1.29 is 22.7 Å². The topological polar surface area (TPSA) is 96.0 Å². The van der Waals surface area contributed by atoms with Crippen LogP contribution in [0.15, 0.2) is 48.5 Å².